The molecule has 0 spiro atoms. The number of alkyl halides is 9. The predicted molar refractivity (Wildman–Crippen MR) is 102 cm³/mol. The van der Waals surface area contributed by atoms with Crippen molar-refractivity contribution in [3.8, 4) is 5.88 Å². The van der Waals surface area contributed by atoms with Crippen LogP contribution in [-0.4, -0.2) is 46.1 Å². The van der Waals surface area contributed by atoms with Gasteiger partial charge in [-0.3, -0.25) is 0 Å². The van der Waals surface area contributed by atoms with Gasteiger partial charge in [0.1, 0.15) is 5.69 Å². The molecule has 0 radical (unpaired) electrons. The number of aryl methyl sites for hydroxylation is 1. The standard InChI is InChI=1S/C17H14F9N5OS/c1-31(10-2-3-11(27-7-10)17(24,25)26)14(33)30-13-28-9(4-5-15(18,19)20)6-12(29-13)32-8-16(21,22)23/h2-3,6-7H,4-5,8H2,1H3,(H,28,29,30,33). The highest BCUT2D eigenvalue weighted by molar-refractivity contribution is 7.80. The third-order valence-electron chi connectivity index (χ3n) is 3.75. The first-order chi connectivity index (χ1) is 15.0. The molecule has 0 aliphatic rings. The van der Waals surface area contributed by atoms with E-state index in [-0.39, 0.29) is 16.5 Å². The lowest BCUT2D eigenvalue weighted by Crippen LogP contribution is -2.32. The molecule has 0 bridgehead atoms. The minimum atomic E-state index is -4.73. The van der Waals surface area contributed by atoms with Gasteiger partial charge in [0.05, 0.1) is 17.6 Å². The number of hydrogen-bond acceptors (Lipinski definition) is 5. The average Bonchev–Trinajstić information content (AvgIpc) is 2.68. The van der Waals surface area contributed by atoms with E-state index in [1.54, 1.807) is 0 Å². The molecule has 0 aliphatic heterocycles. The first kappa shape index (κ1) is 26.3. The quantitative estimate of drug-likeness (QED) is 0.428. The lowest BCUT2D eigenvalue weighted by molar-refractivity contribution is -0.154. The summed E-state index contributed by atoms with van der Waals surface area (Å²) in [5.74, 6) is -1.12. The highest BCUT2D eigenvalue weighted by Gasteiger charge is 2.32. The fourth-order valence-corrected chi connectivity index (χ4v) is 2.40. The Morgan fingerprint density at radius 3 is 2.21 bits per heavy atom. The van der Waals surface area contributed by atoms with Gasteiger partial charge in [-0.15, -0.1) is 0 Å². The Morgan fingerprint density at radius 2 is 1.70 bits per heavy atom. The van der Waals surface area contributed by atoms with Crippen LogP contribution in [0.2, 0.25) is 0 Å². The molecule has 0 unspecified atom stereocenters. The van der Waals surface area contributed by atoms with E-state index in [2.05, 4.69) is 25.0 Å². The maximum Gasteiger partial charge on any atom is 0.433 e. The lowest BCUT2D eigenvalue weighted by atomic mass is 10.2. The Kier molecular flexibility index (Phi) is 7.92. The fourth-order valence-electron chi connectivity index (χ4n) is 2.20. The van der Waals surface area contributed by atoms with E-state index in [0.29, 0.717) is 6.07 Å². The van der Waals surface area contributed by atoms with Gasteiger partial charge < -0.3 is 15.0 Å². The summed E-state index contributed by atoms with van der Waals surface area (Å²) < 4.78 is 117. The second kappa shape index (κ2) is 9.93. The third kappa shape index (κ3) is 8.86. The Bertz CT molecular complexity index is 925. The Balaban J connectivity index is 2.21. The molecule has 0 aliphatic carbocycles. The van der Waals surface area contributed by atoms with Crippen LogP contribution < -0.4 is 15.0 Å². The van der Waals surface area contributed by atoms with Crippen LogP contribution in [0, 0.1) is 0 Å². The van der Waals surface area contributed by atoms with E-state index in [1.165, 1.54) is 7.05 Å². The molecular weight excluding hydrogens is 493 g/mol. The van der Waals surface area contributed by atoms with Gasteiger partial charge in [-0.1, -0.05) is 0 Å². The molecule has 33 heavy (non-hydrogen) atoms. The molecular formula is C17H14F9N5OS. The van der Waals surface area contributed by atoms with Crippen molar-refractivity contribution >= 4 is 29.0 Å². The third-order valence-corrected chi connectivity index (χ3v) is 4.13. The first-order valence-electron chi connectivity index (χ1n) is 8.76. The van der Waals surface area contributed by atoms with Crippen LogP contribution >= 0.6 is 12.2 Å². The molecule has 6 nitrogen and oxygen atoms in total. The van der Waals surface area contributed by atoms with Gasteiger partial charge in [-0.2, -0.15) is 44.5 Å². The minimum Gasteiger partial charge on any atom is -0.468 e. The van der Waals surface area contributed by atoms with Crippen LogP contribution in [0.15, 0.2) is 24.4 Å². The molecule has 0 atom stereocenters. The Hall–Kier alpha value is -2.91. The zero-order valence-corrected chi connectivity index (χ0v) is 17.3. The summed E-state index contributed by atoms with van der Waals surface area (Å²) in [5, 5.41) is 2.17. The van der Waals surface area contributed by atoms with E-state index >= 15 is 0 Å². The number of nitrogens with zero attached hydrogens (tertiary/aromatic N) is 4. The number of rotatable bonds is 6. The highest BCUT2D eigenvalue weighted by atomic mass is 32.1. The normalized spacial score (nSPS) is 12.4. The molecule has 1 N–H and O–H groups in total. The molecule has 2 rings (SSSR count). The van der Waals surface area contributed by atoms with Crippen LogP contribution in [0.4, 0.5) is 51.1 Å². The van der Waals surface area contributed by atoms with Gasteiger partial charge in [0.25, 0.3) is 0 Å². The number of pyridine rings is 1. The molecule has 182 valence electrons. The van der Waals surface area contributed by atoms with Gasteiger partial charge in [0.15, 0.2) is 11.7 Å². The zero-order chi connectivity index (χ0) is 25.0. The van der Waals surface area contributed by atoms with E-state index < -0.39 is 55.5 Å². The first-order valence-corrected chi connectivity index (χ1v) is 9.16. The van der Waals surface area contributed by atoms with Crippen molar-refractivity contribution < 1.29 is 44.3 Å². The van der Waals surface area contributed by atoms with Gasteiger partial charge in [-0.25, -0.2) is 9.97 Å². The summed E-state index contributed by atoms with van der Waals surface area (Å²) in [4.78, 5) is 11.8. The number of halogens is 9. The van der Waals surface area contributed by atoms with Gasteiger partial charge in [-0.05, 0) is 30.8 Å². The summed E-state index contributed by atoms with van der Waals surface area (Å²) in [6.45, 7) is -1.75. The second-order valence-electron chi connectivity index (χ2n) is 6.43. The lowest BCUT2D eigenvalue weighted by Gasteiger charge is -2.21. The van der Waals surface area contributed by atoms with Crippen molar-refractivity contribution in [2.24, 2.45) is 0 Å². The van der Waals surface area contributed by atoms with Crippen molar-refractivity contribution in [2.75, 3.05) is 23.9 Å². The van der Waals surface area contributed by atoms with E-state index in [1.807, 2.05) is 0 Å². The van der Waals surface area contributed by atoms with Crippen molar-refractivity contribution in [2.45, 2.75) is 31.4 Å². The monoisotopic (exact) mass is 507 g/mol. The summed E-state index contributed by atoms with van der Waals surface area (Å²) in [6, 6.07) is 2.59. The van der Waals surface area contributed by atoms with Gasteiger partial charge in [0.2, 0.25) is 11.8 Å². The van der Waals surface area contributed by atoms with Crippen LogP contribution in [0.5, 0.6) is 5.88 Å². The smallest absolute Gasteiger partial charge is 0.433 e. The van der Waals surface area contributed by atoms with Crippen LogP contribution in [0.3, 0.4) is 0 Å². The fraction of sp³-hybridized carbons (Fsp3) is 0.412. The Morgan fingerprint density at radius 1 is 1.03 bits per heavy atom. The molecule has 2 heterocycles. The number of hydrogen-bond donors (Lipinski definition) is 1. The highest BCUT2D eigenvalue weighted by Crippen LogP contribution is 2.28. The summed E-state index contributed by atoms with van der Waals surface area (Å²) in [7, 11) is 1.33. The Labute approximate surface area is 185 Å². The molecule has 0 saturated carbocycles. The largest absolute Gasteiger partial charge is 0.468 e. The molecule has 0 amide bonds. The number of nitrogens with one attached hydrogen (secondary N) is 1. The molecule has 0 saturated heterocycles. The van der Waals surface area contributed by atoms with Crippen molar-refractivity contribution in [1.29, 1.82) is 0 Å². The number of ether oxygens (including phenoxy) is 1. The second-order valence-corrected chi connectivity index (χ2v) is 6.82. The topological polar surface area (TPSA) is 63.2 Å². The van der Waals surface area contributed by atoms with Crippen molar-refractivity contribution in [3.05, 3.63) is 35.8 Å². The van der Waals surface area contributed by atoms with Crippen LogP contribution in [-0.2, 0) is 12.6 Å². The minimum absolute atomic E-state index is 0.0993. The SMILES string of the molecule is CN(C(=S)Nc1nc(CCC(F)(F)F)cc(OCC(F)(F)F)n1)c1ccc(C(F)(F)F)nc1. The predicted octanol–water partition coefficient (Wildman–Crippen LogP) is 5.16. The molecule has 2 aromatic heterocycles. The summed E-state index contributed by atoms with van der Waals surface area (Å²) in [6.07, 6.45) is -15.0. The van der Waals surface area contributed by atoms with Crippen LogP contribution in [0.25, 0.3) is 0 Å². The molecule has 16 heteroatoms. The molecule has 0 fully saturated rings. The van der Waals surface area contributed by atoms with Gasteiger partial charge in [0, 0.05) is 19.5 Å². The summed E-state index contributed by atoms with van der Waals surface area (Å²) in [5.41, 5.74) is -1.32. The van der Waals surface area contributed by atoms with E-state index in [9.17, 15) is 39.5 Å². The molecule has 0 aromatic carbocycles. The van der Waals surface area contributed by atoms with Crippen LogP contribution in [0.1, 0.15) is 17.8 Å². The maximum atomic E-state index is 12.6. The van der Waals surface area contributed by atoms with Crippen molar-refractivity contribution in [1.82, 2.24) is 15.0 Å². The maximum absolute atomic E-state index is 12.6. The van der Waals surface area contributed by atoms with E-state index in [4.69, 9.17) is 12.2 Å². The number of aromatic nitrogens is 3. The average molecular weight is 507 g/mol. The molecule has 2 aromatic rings. The number of anilines is 2. The number of thiocarbonyl (C=S) groups is 1. The zero-order valence-electron chi connectivity index (χ0n) is 16.4. The van der Waals surface area contributed by atoms with Crippen molar-refractivity contribution in [3.63, 3.8) is 0 Å². The van der Waals surface area contributed by atoms with Gasteiger partial charge >= 0.3 is 18.5 Å². The van der Waals surface area contributed by atoms with E-state index in [0.717, 1.165) is 23.2 Å². The summed E-state index contributed by atoms with van der Waals surface area (Å²) >= 11 is 5.07.